The lowest BCUT2D eigenvalue weighted by Gasteiger charge is -2.13. The largest absolute Gasteiger partial charge is 0.418 e. The second-order valence-corrected chi connectivity index (χ2v) is 6.64. The van der Waals surface area contributed by atoms with Crippen molar-refractivity contribution in [2.45, 2.75) is 12.7 Å². The lowest BCUT2D eigenvalue weighted by molar-refractivity contribution is -0.137. The maximum atomic E-state index is 13.1. The van der Waals surface area contributed by atoms with Gasteiger partial charge in [0.25, 0.3) is 5.91 Å². The molecular formula is C21H14ClF3N4O. The monoisotopic (exact) mass is 430 g/mol. The summed E-state index contributed by atoms with van der Waals surface area (Å²) >= 11 is 6.12. The van der Waals surface area contributed by atoms with E-state index >= 15 is 0 Å². The Bertz CT molecular complexity index is 1150. The van der Waals surface area contributed by atoms with Gasteiger partial charge in [-0.15, -0.1) is 0 Å². The molecule has 30 heavy (non-hydrogen) atoms. The Morgan fingerprint density at radius 2 is 1.90 bits per heavy atom. The molecule has 1 heterocycles. The fraction of sp³-hybridized carbons (Fsp3) is 0.0952. The molecule has 1 amide bonds. The molecule has 0 aliphatic rings. The smallest absolute Gasteiger partial charge is 0.321 e. The van der Waals surface area contributed by atoms with Crippen molar-refractivity contribution in [1.29, 1.82) is 5.26 Å². The first kappa shape index (κ1) is 21.1. The number of hydrogen-bond acceptors (Lipinski definition) is 3. The maximum Gasteiger partial charge on any atom is 0.418 e. The summed E-state index contributed by atoms with van der Waals surface area (Å²) in [5.74, 6) is -0.951. The minimum Gasteiger partial charge on any atom is -0.321 e. The van der Waals surface area contributed by atoms with Crippen molar-refractivity contribution in [3.63, 3.8) is 0 Å². The number of halogens is 4. The standard InChI is InChI=1S/C21H14ClF3N4O/c22-18-7-3-1-5-15(18)13-29-12-14(11-27-29)9-16(10-26)20(30)28-19-8-4-2-6-17(19)21(23,24)25/h1-9,11-12H,13H2,(H,28,30)/b16-9+. The molecular weight excluding hydrogens is 417 g/mol. The summed E-state index contributed by atoms with van der Waals surface area (Å²) < 4.78 is 40.8. The topological polar surface area (TPSA) is 70.7 Å². The molecule has 0 unspecified atom stereocenters. The number of carbonyl (C=O) groups is 1. The first-order valence-corrected chi connectivity index (χ1v) is 9.01. The average molecular weight is 431 g/mol. The number of alkyl halides is 3. The molecule has 2 aromatic carbocycles. The summed E-state index contributed by atoms with van der Waals surface area (Å²) in [5.41, 5.74) is -0.504. The van der Waals surface area contributed by atoms with Crippen LogP contribution in [-0.4, -0.2) is 15.7 Å². The van der Waals surface area contributed by atoms with E-state index in [0.717, 1.165) is 17.7 Å². The van der Waals surface area contributed by atoms with E-state index in [1.54, 1.807) is 29.1 Å². The van der Waals surface area contributed by atoms with Crippen molar-refractivity contribution in [2.75, 3.05) is 5.32 Å². The molecule has 0 aliphatic heterocycles. The minimum atomic E-state index is -4.64. The van der Waals surface area contributed by atoms with Gasteiger partial charge in [-0.1, -0.05) is 41.9 Å². The van der Waals surface area contributed by atoms with Gasteiger partial charge in [0.2, 0.25) is 0 Å². The van der Waals surface area contributed by atoms with Gasteiger partial charge in [-0.05, 0) is 29.8 Å². The fourth-order valence-corrected chi connectivity index (χ4v) is 2.88. The number of rotatable bonds is 5. The van der Waals surface area contributed by atoms with Crippen molar-refractivity contribution >= 4 is 29.3 Å². The molecule has 0 aliphatic carbocycles. The molecule has 0 fully saturated rings. The average Bonchev–Trinajstić information content (AvgIpc) is 3.14. The highest BCUT2D eigenvalue weighted by atomic mass is 35.5. The number of benzene rings is 2. The molecule has 3 rings (SSSR count). The fourth-order valence-electron chi connectivity index (χ4n) is 2.69. The zero-order valence-corrected chi connectivity index (χ0v) is 16.1. The van der Waals surface area contributed by atoms with Crippen molar-refractivity contribution in [3.8, 4) is 6.07 Å². The third-order valence-electron chi connectivity index (χ3n) is 4.10. The lowest BCUT2D eigenvalue weighted by atomic mass is 10.1. The third kappa shape index (κ3) is 5.07. The van der Waals surface area contributed by atoms with Gasteiger partial charge in [0.05, 0.1) is 24.0 Å². The van der Waals surface area contributed by atoms with Crippen molar-refractivity contribution in [2.24, 2.45) is 0 Å². The number of hydrogen-bond donors (Lipinski definition) is 1. The van der Waals surface area contributed by atoms with E-state index in [-0.39, 0.29) is 5.57 Å². The number of anilines is 1. The first-order valence-electron chi connectivity index (χ1n) is 8.63. The SMILES string of the molecule is N#C/C(=C\c1cnn(Cc2ccccc2Cl)c1)C(=O)Nc1ccccc1C(F)(F)F. The highest BCUT2D eigenvalue weighted by molar-refractivity contribution is 6.31. The van der Waals surface area contributed by atoms with Crippen LogP contribution in [-0.2, 0) is 17.5 Å². The Kier molecular flexibility index (Phi) is 6.23. The van der Waals surface area contributed by atoms with Crippen LogP contribution in [0.3, 0.4) is 0 Å². The Labute approximate surface area is 175 Å². The predicted octanol–water partition coefficient (Wildman–Crippen LogP) is 5.15. The molecule has 1 aromatic heterocycles. The highest BCUT2D eigenvalue weighted by Crippen LogP contribution is 2.34. The molecule has 0 spiro atoms. The minimum absolute atomic E-state index is 0.357. The number of aromatic nitrogens is 2. The highest BCUT2D eigenvalue weighted by Gasteiger charge is 2.33. The van der Waals surface area contributed by atoms with Gasteiger partial charge in [-0.25, -0.2) is 0 Å². The van der Waals surface area contributed by atoms with Crippen LogP contribution in [0.1, 0.15) is 16.7 Å². The Morgan fingerprint density at radius 3 is 2.60 bits per heavy atom. The van der Waals surface area contributed by atoms with Gasteiger partial charge in [-0.3, -0.25) is 9.48 Å². The molecule has 5 nitrogen and oxygen atoms in total. The molecule has 3 aromatic rings. The number of para-hydroxylation sites is 1. The van der Waals surface area contributed by atoms with Crippen LogP contribution in [0.2, 0.25) is 5.02 Å². The van der Waals surface area contributed by atoms with Crippen LogP contribution < -0.4 is 5.32 Å². The van der Waals surface area contributed by atoms with E-state index in [1.807, 2.05) is 12.1 Å². The number of carbonyl (C=O) groups excluding carboxylic acids is 1. The van der Waals surface area contributed by atoms with Crippen LogP contribution in [0.25, 0.3) is 6.08 Å². The summed E-state index contributed by atoms with van der Waals surface area (Å²) in [6.45, 7) is 0.376. The molecule has 0 saturated carbocycles. The molecule has 1 N–H and O–H groups in total. The molecule has 0 radical (unpaired) electrons. The predicted molar refractivity (Wildman–Crippen MR) is 106 cm³/mol. The second-order valence-electron chi connectivity index (χ2n) is 6.23. The Balaban J connectivity index is 1.79. The number of nitriles is 1. The zero-order chi connectivity index (χ0) is 21.7. The van der Waals surface area contributed by atoms with Gasteiger partial charge in [0.1, 0.15) is 11.6 Å². The first-order chi connectivity index (χ1) is 14.3. The second kappa shape index (κ2) is 8.84. The quantitative estimate of drug-likeness (QED) is 0.449. The summed E-state index contributed by atoms with van der Waals surface area (Å²) in [6.07, 6.45) is -0.357. The Morgan fingerprint density at radius 1 is 1.20 bits per heavy atom. The van der Waals surface area contributed by atoms with Gasteiger partial charge >= 0.3 is 6.18 Å². The molecule has 9 heteroatoms. The number of nitrogens with one attached hydrogen (secondary N) is 1. The lowest BCUT2D eigenvalue weighted by Crippen LogP contribution is -2.17. The molecule has 0 saturated heterocycles. The van der Waals surface area contributed by atoms with Crippen LogP contribution in [0.15, 0.2) is 66.5 Å². The Hall–Kier alpha value is -3.57. The van der Waals surface area contributed by atoms with E-state index < -0.39 is 23.3 Å². The molecule has 0 atom stereocenters. The maximum absolute atomic E-state index is 13.1. The normalized spacial score (nSPS) is 11.8. The zero-order valence-electron chi connectivity index (χ0n) is 15.3. The van der Waals surface area contributed by atoms with E-state index in [9.17, 15) is 23.2 Å². The molecule has 152 valence electrons. The number of amides is 1. The van der Waals surface area contributed by atoms with Crippen molar-refractivity contribution < 1.29 is 18.0 Å². The van der Waals surface area contributed by atoms with E-state index in [4.69, 9.17) is 11.6 Å². The van der Waals surface area contributed by atoms with Crippen LogP contribution >= 0.6 is 11.6 Å². The summed E-state index contributed by atoms with van der Waals surface area (Å²) in [5, 5.41) is 16.2. The van der Waals surface area contributed by atoms with Crippen LogP contribution in [0, 0.1) is 11.3 Å². The van der Waals surface area contributed by atoms with E-state index in [0.29, 0.717) is 17.1 Å². The summed E-state index contributed by atoms with van der Waals surface area (Å²) in [4.78, 5) is 12.4. The van der Waals surface area contributed by atoms with Gasteiger partial charge in [0, 0.05) is 16.8 Å². The van der Waals surface area contributed by atoms with Crippen molar-refractivity contribution in [1.82, 2.24) is 9.78 Å². The molecule has 0 bridgehead atoms. The van der Waals surface area contributed by atoms with Gasteiger partial charge in [-0.2, -0.15) is 23.5 Å². The third-order valence-corrected chi connectivity index (χ3v) is 4.47. The van der Waals surface area contributed by atoms with Gasteiger partial charge < -0.3 is 5.32 Å². The van der Waals surface area contributed by atoms with Crippen LogP contribution in [0.4, 0.5) is 18.9 Å². The summed E-state index contributed by atoms with van der Waals surface area (Å²) in [7, 11) is 0. The van der Waals surface area contributed by atoms with Crippen molar-refractivity contribution in [3.05, 3.63) is 88.2 Å². The van der Waals surface area contributed by atoms with E-state index in [1.165, 1.54) is 24.4 Å². The summed E-state index contributed by atoms with van der Waals surface area (Å²) in [6, 6.07) is 13.5. The number of nitrogens with zero attached hydrogens (tertiary/aromatic N) is 3. The van der Waals surface area contributed by atoms with E-state index in [2.05, 4.69) is 10.4 Å². The van der Waals surface area contributed by atoms with Gasteiger partial charge in [0.15, 0.2) is 0 Å². The van der Waals surface area contributed by atoms with Crippen LogP contribution in [0.5, 0.6) is 0 Å².